The fourth-order valence-corrected chi connectivity index (χ4v) is 3.14. The zero-order valence-corrected chi connectivity index (χ0v) is 18.7. The van der Waals surface area contributed by atoms with E-state index in [-0.39, 0.29) is 0 Å². The molecule has 0 aliphatic heterocycles. The largest absolute Gasteiger partial charge is 0.321 e. The Kier molecular flexibility index (Phi) is 9.48. The molecule has 2 rings (SSSR count). The van der Waals surface area contributed by atoms with Crippen LogP contribution in [-0.4, -0.2) is 22.4 Å². The Bertz CT molecular complexity index is 922. The summed E-state index contributed by atoms with van der Waals surface area (Å²) in [6.07, 6.45) is 7.62. The Morgan fingerprint density at radius 1 is 1.13 bits per heavy atom. The molecule has 0 aromatic heterocycles. The number of hydrogen-bond donors (Lipinski definition) is 2. The van der Waals surface area contributed by atoms with E-state index in [2.05, 4.69) is 29.3 Å². The van der Waals surface area contributed by atoms with Crippen LogP contribution in [0.2, 0.25) is 10.0 Å². The first-order valence-corrected chi connectivity index (χ1v) is 10.3. The summed E-state index contributed by atoms with van der Waals surface area (Å²) in [5.41, 5.74) is 6.14. The molecule has 0 radical (unpaired) electrons. The minimum Gasteiger partial charge on any atom is -0.321 e. The monoisotopic (exact) mass is 443 g/mol. The third-order valence-electron chi connectivity index (χ3n) is 4.30. The van der Waals surface area contributed by atoms with Gasteiger partial charge in [-0.05, 0) is 37.6 Å². The summed E-state index contributed by atoms with van der Waals surface area (Å²) in [5, 5.41) is 8.65. The molecule has 158 valence electrons. The first-order chi connectivity index (χ1) is 14.5. The summed E-state index contributed by atoms with van der Waals surface area (Å²) < 4.78 is 0. The van der Waals surface area contributed by atoms with Gasteiger partial charge in [-0.15, -0.1) is 5.53 Å². The van der Waals surface area contributed by atoms with Crippen molar-refractivity contribution in [2.75, 3.05) is 6.54 Å². The molecule has 5 nitrogen and oxygen atoms in total. The van der Waals surface area contributed by atoms with Gasteiger partial charge in [0.1, 0.15) is 0 Å². The number of hydrazone groups is 1. The zero-order chi connectivity index (χ0) is 21.9. The number of allylic oxidation sites excluding steroid dienone is 4. The molecule has 7 heteroatoms. The van der Waals surface area contributed by atoms with Crippen LogP contribution in [-0.2, 0) is 6.54 Å². The van der Waals surface area contributed by atoms with Crippen LogP contribution in [0.5, 0.6) is 0 Å². The predicted molar refractivity (Wildman–Crippen MR) is 128 cm³/mol. The van der Waals surface area contributed by atoms with Crippen molar-refractivity contribution in [3.8, 4) is 0 Å². The van der Waals surface area contributed by atoms with Gasteiger partial charge in [0.25, 0.3) is 0 Å². The lowest BCUT2D eigenvalue weighted by Crippen LogP contribution is -2.52. The van der Waals surface area contributed by atoms with Crippen LogP contribution in [0.15, 0.2) is 90.2 Å². The van der Waals surface area contributed by atoms with Crippen LogP contribution in [0.4, 0.5) is 0 Å². The van der Waals surface area contributed by atoms with Gasteiger partial charge in [0.15, 0.2) is 5.84 Å². The van der Waals surface area contributed by atoms with Crippen LogP contribution < -0.4 is 11.4 Å². The van der Waals surface area contributed by atoms with Gasteiger partial charge in [0.05, 0.1) is 23.1 Å². The smallest absolute Gasteiger partial charge is 0.172 e. The van der Waals surface area contributed by atoms with E-state index in [1.54, 1.807) is 12.1 Å². The van der Waals surface area contributed by atoms with Gasteiger partial charge in [-0.25, -0.2) is 0 Å². The quantitative estimate of drug-likeness (QED) is 0.134. The topological polar surface area (TPSA) is 56.9 Å². The molecule has 0 spiro atoms. The van der Waals surface area contributed by atoms with Crippen LogP contribution in [0.25, 0.3) is 0 Å². The van der Waals surface area contributed by atoms with Gasteiger partial charge >= 0.3 is 0 Å². The predicted octanol–water partition coefficient (Wildman–Crippen LogP) is 5.50. The lowest BCUT2D eigenvalue weighted by Gasteiger charge is -2.34. The normalized spacial score (nSPS) is 12.3. The second kappa shape index (κ2) is 12.1. The summed E-state index contributed by atoms with van der Waals surface area (Å²) in [7, 11) is 0. The summed E-state index contributed by atoms with van der Waals surface area (Å²) in [4.78, 5) is 0. The second-order valence-corrected chi connectivity index (χ2v) is 7.23. The van der Waals surface area contributed by atoms with Gasteiger partial charge in [-0.3, -0.25) is 10.0 Å². The molecule has 0 saturated heterocycles. The average Bonchev–Trinajstić information content (AvgIpc) is 2.75. The molecule has 0 atom stereocenters. The van der Waals surface area contributed by atoms with E-state index in [4.69, 9.17) is 29.0 Å². The van der Waals surface area contributed by atoms with Crippen molar-refractivity contribution < 1.29 is 0 Å². The highest BCUT2D eigenvalue weighted by molar-refractivity contribution is 6.44. The van der Waals surface area contributed by atoms with E-state index >= 15 is 0 Å². The van der Waals surface area contributed by atoms with E-state index in [1.165, 1.54) is 0 Å². The molecular formula is C23H27Cl2N5. The van der Waals surface area contributed by atoms with Gasteiger partial charge < -0.3 is 5.84 Å². The number of hydrazine groups is 2. The summed E-state index contributed by atoms with van der Waals surface area (Å²) in [6.45, 7) is 8.88. The molecule has 0 unspecified atom stereocenters. The lowest BCUT2D eigenvalue weighted by molar-refractivity contribution is 0.110. The number of nitrogens with one attached hydrogen (secondary N) is 1. The molecule has 0 amide bonds. The van der Waals surface area contributed by atoms with Crippen LogP contribution >= 0.6 is 23.2 Å². The van der Waals surface area contributed by atoms with Gasteiger partial charge in [0.2, 0.25) is 0 Å². The van der Waals surface area contributed by atoms with E-state index in [1.807, 2.05) is 72.4 Å². The van der Waals surface area contributed by atoms with Crippen molar-refractivity contribution in [1.29, 1.82) is 0 Å². The maximum Gasteiger partial charge on any atom is 0.172 e. The third kappa shape index (κ3) is 6.39. The number of rotatable bonds is 9. The molecule has 30 heavy (non-hydrogen) atoms. The molecule has 0 saturated carbocycles. The minimum atomic E-state index is 0.392. The molecule has 3 N–H and O–H groups in total. The van der Waals surface area contributed by atoms with Crippen molar-refractivity contribution >= 4 is 29.0 Å². The number of halogens is 2. The highest BCUT2D eigenvalue weighted by Crippen LogP contribution is 2.26. The lowest BCUT2D eigenvalue weighted by atomic mass is 10.2. The molecule has 0 fully saturated rings. The van der Waals surface area contributed by atoms with Crippen LogP contribution in [0, 0.1) is 0 Å². The molecule has 0 bridgehead atoms. The standard InChI is InChI=1S/C23H27Cl2N5/c1-4-6-16-29(23(27-26)20-14-10-15-21(24)22(20)25)28-30(18(3)11-5-2)17-19-12-8-7-9-13-19/h4-15,28H,2,16-17,26H2,1,3H3/b6-4+,18-11+,27-23-. The molecule has 0 heterocycles. The Hall–Kier alpha value is -2.73. The third-order valence-corrected chi connectivity index (χ3v) is 5.12. The number of benzene rings is 2. The molecule has 2 aromatic carbocycles. The molecule has 2 aromatic rings. The van der Waals surface area contributed by atoms with Crippen molar-refractivity contribution in [1.82, 2.24) is 15.6 Å². The number of amidine groups is 1. The summed E-state index contributed by atoms with van der Waals surface area (Å²) >= 11 is 12.7. The van der Waals surface area contributed by atoms with Crippen molar-refractivity contribution in [3.63, 3.8) is 0 Å². The molecule has 0 aliphatic carbocycles. The van der Waals surface area contributed by atoms with Crippen LogP contribution in [0.3, 0.4) is 0 Å². The van der Waals surface area contributed by atoms with E-state index in [0.717, 1.165) is 11.3 Å². The van der Waals surface area contributed by atoms with Crippen LogP contribution in [0.1, 0.15) is 25.0 Å². The minimum absolute atomic E-state index is 0.392. The maximum absolute atomic E-state index is 6.44. The Labute approximate surface area is 188 Å². The van der Waals surface area contributed by atoms with E-state index in [0.29, 0.717) is 34.5 Å². The first kappa shape index (κ1) is 23.5. The Balaban J connectivity index is 2.42. The highest BCUT2D eigenvalue weighted by atomic mass is 35.5. The van der Waals surface area contributed by atoms with Crippen molar-refractivity contribution in [3.05, 3.63) is 106 Å². The second-order valence-electron chi connectivity index (χ2n) is 6.45. The summed E-state index contributed by atoms with van der Waals surface area (Å²) in [5.74, 6) is 6.25. The summed E-state index contributed by atoms with van der Waals surface area (Å²) in [6, 6.07) is 15.5. The fourth-order valence-electron chi connectivity index (χ4n) is 2.76. The van der Waals surface area contributed by atoms with Crippen molar-refractivity contribution in [2.24, 2.45) is 10.9 Å². The van der Waals surface area contributed by atoms with E-state index < -0.39 is 0 Å². The molecular weight excluding hydrogens is 417 g/mol. The van der Waals surface area contributed by atoms with E-state index in [9.17, 15) is 0 Å². The Morgan fingerprint density at radius 3 is 2.50 bits per heavy atom. The van der Waals surface area contributed by atoms with Gasteiger partial charge in [0, 0.05) is 11.3 Å². The van der Waals surface area contributed by atoms with Gasteiger partial charge in [-0.1, -0.05) is 84.4 Å². The fraction of sp³-hybridized carbons (Fsp3) is 0.174. The Morgan fingerprint density at radius 2 is 1.87 bits per heavy atom. The number of nitrogens with zero attached hydrogens (tertiary/aromatic N) is 3. The SMILES string of the molecule is C=C/C=C(\C)N(Cc1ccccc1)NN(C/C=C/C)/C(=N\N)c1cccc(Cl)c1Cl. The maximum atomic E-state index is 6.44. The van der Waals surface area contributed by atoms with Gasteiger partial charge in [-0.2, -0.15) is 5.10 Å². The zero-order valence-electron chi connectivity index (χ0n) is 17.2. The molecule has 0 aliphatic rings. The first-order valence-electron chi connectivity index (χ1n) is 9.49. The van der Waals surface area contributed by atoms with Crippen molar-refractivity contribution in [2.45, 2.75) is 20.4 Å². The highest BCUT2D eigenvalue weighted by Gasteiger charge is 2.20. The number of hydrogen-bond acceptors (Lipinski definition) is 4. The number of nitrogens with two attached hydrogens (primary N) is 1. The average molecular weight is 444 g/mol.